The van der Waals surface area contributed by atoms with Crippen molar-refractivity contribution >= 4 is 11.2 Å². The van der Waals surface area contributed by atoms with Crippen LogP contribution in [0.4, 0.5) is 0 Å². The summed E-state index contributed by atoms with van der Waals surface area (Å²) >= 11 is 0. The molecule has 3 rings (SSSR count). The summed E-state index contributed by atoms with van der Waals surface area (Å²) in [6.45, 7) is 4.36. The Morgan fingerprint density at radius 2 is 2.15 bits per heavy atom. The van der Waals surface area contributed by atoms with Crippen LogP contribution >= 0.6 is 0 Å². The van der Waals surface area contributed by atoms with Crippen molar-refractivity contribution in [2.24, 2.45) is 5.73 Å². The lowest BCUT2D eigenvalue weighted by Gasteiger charge is -2.14. The van der Waals surface area contributed by atoms with Crippen LogP contribution < -0.4 is 5.73 Å². The maximum Gasteiger partial charge on any atom is 0.160 e. The highest BCUT2D eigenvalue weighted by molar-refractivity contribution is 5.71. The molecule has 0 saturated heterocycles. The third-order valence-corrected chi connectivity index (χ3v) is 4.13. The van der Waals surface area contributed by atoms with E-state index in [4.69, 9.17) is 10.7 Å². The SMILES string of the molecule is CC(N)CCCC(C)c1nc2cccnc2n1C1CC1. The topological polar surface area (TPSA) is 56.7 Å². The minimum atomic E-state index is 0.297. The van der Waals surface area contributed by atoms with Gasteiger partial charge in [0, 0.05) is 24.2 Å². The third-order valence-electron chi connectivity index (χ3n) is 4.13. The molecular weight excluding hydrogens is 248 g/mol. The molecule has 20 heavy (non-hydrogen) atoms. The zero-order valence-corrected chi connectivity index (χ0v) is 12.4. The van der Waals surface area contributed by atoms with Gasteiger partial charge < -0.3 is 10.3 Å². The van der Waals surface area contributed by atoms with Crippen LogP contribution in [-0.2, 0) is 0 Å². The minimum absolute atomic E-state index is 0.297. The highest BCUT2D eigenvalue weighted by Gasteiger charge is 2.30. The molecule has 2 unspecified atom stereocenters. The molecule has 0 amide bonds. The fourth-order valence-corrected chi connectivity index (χ4v) is 2.86. The first-order valence-electron chi connectivity index (χ1n) is 7.75. The van der Waals surface area contributed by atoms with Gasteiger partial charge in [-0.05, 0) is 44.7 Å². The summed E-state index contributed by atoms with van der Waals surface area (Å²) < 4.78 is 2.38. The van der Waals surface area contributed by atoms with Gasteiger partial charge >= 0.3 is 0 Å². The van der Waals surface area contributed by atoms with Gasteiger partial charge in [0.2, 0.25) is 0 Å². The van der Waals surface area contributed by atoms with Crippen molar-refractivity contribution in [3.8, 4) is 0 Å². The van der Waals surface area contributed by atoms with E-state index in [2.05, 4.69) is 29.5 Å². The van der Waals surface area contributed by atoms with Gasteiger partial charge in [-0.15, -0.1) is 0 Å². The summed E-state index contributed by atoms with van der Waals surface area (Å²) in [5.41, 5.74) is 7.93. The lowest BCUT2D eigenvalue weighted by atomic mass is 10.0. The van der Waals surface area contributed by atoms with E-state index in [9.17, 15) is 0 Å². The second-order valence-electron chi connectivity index (χ2n) is 6.23. The average Bonchev–Trinajstić information content (AvgIpc) is 3.18. The molecular formula is C16H24N4. The number of nitrogens with zero attached hydrogens (tertiary/aromatic N) is 3. The minimum Gasteiger partial charge on any atom is -0.328 e. The number of hydrogen-bond acceptors (Lipinski definition) is 3. The van der Waals surface area contributed by atoms with Gasteiger partial charge in [-0.1, -0.05) is 13.3 Å². The fraction of sp³-hybridized carbons (Fsp3) is 0.625. The maximum atomic E-state index is 5.84. The molecule has 108 valence electrons. The van der Waals surface area contributed by atoms with E-state index in [1.54, 1.807) is 0 Å². The molecule has 0 aromatic carbocycles. The van der Waals surface area contributed by atoms with E-state index in [0.717, 1.165) is 24.0 Å². The number of pyridine rings is 1. The Balaban J connectivity index is 1.84. The summed E-state index contributed by atoms with van der Waals surface area (Å²) in [5.74, 6) is 1.69. The van der Waals surface area contributed by atoms with Gasteiger partial charge in [0.05, 0.1) is 0 Å². The van der Waals surface area contributed by atoms with Gasteiger partial charge in [0.25, 0.3) is 0 Å². The van der Waals surface area contributed by atoms with Crippen LogP contribution in [0.25, 0.3) is 11.2 Å². The first-order valence-corrected chi connectivity index (χ1v) is 7.75. The predicted octanol–water partition coefficient (Wildman–Crippen LogP) is 3.39. The summed E-state index contributed by atoms with van der Waals surface area (Å²) in [5, 5.41) is 0. The quantitative estimate of drug-likeness (QED) is 0.877. The standard InChI is InChI=1S/C16H24N4/c1-11(5-3-6-12(2)17)15-19-14-7-4-10-18-16(14)20(15)13-8-9-13/h4,7,10-13H,3,5-6,8-9,17H2,1-2H3. The molecule has 0 bridgehead atoms. The van der Waals surface area contributed by atoms with Crippen LogP contribution in [0.1, 0.15) is 63.7 Å². The summed E-state index contributed by atoms with van der Waals surface area (Å²) in [7, 11) is 0. The number of rotatable bonds is 6. The van der Waals surface area contributed by atoms with Gasteiger partial charge in [0.15, 0.2) is 5.65 Å². The molecule has 1 aliphatic rings. The van der Waals surface area contributed by atoms with Crippen LogP contribution in [0.5, 0.6) is 0 Å². The molecule has 2 atom stereocenters. The van der Waals surface area contributed by atoms with Crippen LogP contribution in [0.15, 0.2) is 18.3 Å². The first-order chi connectivity index (χ1) is 9.66. The number of imidazole rings is 1. The van der Waals surface area contributed by atoms with E-state index in [-0.39, 0.29) is 0 Å². The fourth-order valence-electron chi connectivity index (χ4n) is 2.86. The van der Waals surface area contributed by atoms with Crippen LogP contribution in [0, 0.1) is 0 Å². The second-order valence-corrected chi connectivity index (χ2v) is 6.23. The van der Waals surface area contributed by atoms with E-state index in [1.807, 2.05) is 12.3 Å². The number of aromatic nitrogens is 3. The Morgan fingerprint density at radius 3 is 2.85 bits per heavy atom. The van der Waals surface area contributed by atoms with E-state index in [0.29, 0.717) is 18.0 Å². The zero-order valence-electron chi connectivity index (χ0n) is 12.4. The van der Waals surface area contributed by atoms with Crippen LogP contribution in [0.2, 0.25) is 0 Å². The van der Waals surface area contributed by atoms with Crippen molar-refractivity contribution in [2.75, 3.05) is 0 Å². The second kappa shape index (κ2) is 5.52. The molecule has 4 heteroatoms. The maximum absolute atomic E-state index is 5.84. The van der Waals surface area contributed by atoms with Gasteiger partial charge in [0.1, 0.15) is 11.3 Å². The molecule has 0 spiro atoms. The lowest BCUT2D eigenvalue weighted by Crippen LogP contribution is -2.15. The molecule has 1 saturated carbocycles. The molecule has 2 N–H and O–H groups in total. The van der Waals surface area contributed by atoms with E-state index < -0.39 is 0 Å². The Bertz CT molecular complexity index is 583. The predicted molar refractivity (Wildman–Crippen MR) is 81.7 cm³/mol. The highest BCUT2D eigenvalue weighted by Crippen LogP contribution is 2.40. The van der Waals surface area contributed by atoms with Crippen LogP contribution in [0.3, 0.4) is 0 Å². The number of nitrogens with two attached hydrogens (primary N) is 1. The molecule has 0 aliphatic heterocycles. The highest BCUT2D eigenvalue weighted by atomic mass is 15.2. The molecule has 0 radical (unpaired) electrons. The smallest absolute Gasteiger partial charge is 0.160 e. The van der Waals surface area contributed by atoms with Crippen molar-refractivity contribution in [1.29, 1.82) is 0 Å². The molecule has 1 aliphatic carbocycles. The Morgan fingerprint density at radius 1 is 1.35 bits per heavy atom. The first kappa shape index (κ1) is 13.6. The average molecular weight is 272 g/mol. The van der Waals surface area contributed by atoms with Crippen molar-refractivity contribution in [1.82, 2.24) is 14.5 Å². The van der Waals surface area contributed by atoms with Crippen molar-refractivity contribution in [3.05, 3.63) is 24.2 Å². The molecule has 2 aromatic rings. The summed E-state index contributed by atoms with van der Waals surface area (Å²) in [4.78, 5) is 9.38. The van der Waals surface area contributed by atoms with Gasteiger partial charge in [-0.25, -0.2) is 9.97 Å². The Hall–Kier alpha value is -1.42. The lowest BCUT2D eigenvalue weighted by molar-refractivity contribution is 0.525. The van der Waals surface area contributed by atoms with E-state index in [1.165, 1.54) is 25.1 Å². The normalized spacial score (nSPS) is 18.4. The molecule has 4 nitrogen and oxygen atoms in total. The van der Waals surface area contributed by atoms with E-state index >= 15 is 0 Å². The van der Waals surface area contributed by atoms with Crippen LogP contribution in [-0.4, -0.2) is 20.6 Å². The zero-order chi connectivity index (χ0) is 14.1. The molecule has 1 fully saturated rings. The summed E-state index contributed by atoms with van der Waals surface area (Å²) in [6, 6.07) is 4.96. The Kier molecular flexibility index (Phi) is 3.74. The van der Waals surface area contributed by atoms with Crippen molar-refractivity contribution < 1.29 is 0 Å². The Labute approximate surface area is 120 Å². The number of fused-ring (bicyclic) bond motifs is 1. The largest absolute Gasteiger partial charge is 0.328 e. The molecule has 2 heterocycles. The van der Waals surface area contributed by atoms with Gasteiger partial charge in [-0.2, -0.15) is 0 Å². The van der Waals surface area contributed by atoms with Gasteiger partial charge in [-0.3, -0.25) is 0 Å². The molecule has 2 aromatic heterocycles. The number of hydrogen-bond donors (Lipinski definition) is 1. The third kappa shape index (κ3) is 2.70. The monoisotopic (exact) mass is 272 g/mol. The summed E-state index contributed by atoms with van der Waals surface area (Å²) in [6.07, 6.45) is 7.81. The van der Waals surface area contributed by atoms with Crippen molar-refractivity contribution in [3.63, 3.8) is 0 Å². The van der Waals surface area contributed by atoms with Crippen molar-refractivity contribution in [2.45, 2.75) is 64.0 Å².